The van der Waals surface area contributed by atoms with Crippen LogP contribution in [0.5, 0.6) is 0 Å². The van der Waals surface area contributed by atoms with Crippen LogP contribution in [0.25, 0.3) is 0 Å². The van der Waals surface area contributed by atoms with Gasteiger partial charge in [-0.25, -0.2) is 0 Å². The minimum absolute atomic E-state index is 0.142. The molecule has 0 N–H and O–H groups in total. The lowest BCUT2D eigenvalue weighted by Gasteiger charge is -2.38. The summed E-state index contributed by atoms with van der Waals surface area (Å²) in [4.78, 5) is 15.2. The van der Waals surface area contributed by atoms with Gasteiger partial charge in [0.05, 0.1) is 6.61 Å². The Kier molecular flexibility index (Phi) is 3.95. The second-order valence-electron chi connectivity index (χ2n) is 7.13. The third-order valence-corrected chi connectivity index (χ3v) is 5.29. The minimum Gasteiger partial charge on any atom is -0.367 e. The highest BCUT2D eigenvalue weighted by Gasteiger charge is 2.39. The average molecular weight is 265 g/mol. The molecule has 0 spiro atoms. The van der Waals surface area contributed by atoms with Crippen LogP contribution in [0.15, 0.2) is 0 Å². The van der Waals surface area contributed by atoms with Crippen molar-refractivity contribution < 1.29 is 9.53 Å². The van der Waals surface area contributed by atoms with E-state index in [1.54, 1.807) is 0 Å². The topological polar surface area (TPSA) is 29.5 Å². The fraction of sp³-hybridized carbons (Fsp3) is 0.938. The molecule has 2 aliphatic heterocycles. The molecule has 0 amide bonds. The fourth-order valence-corrected chi connectivity index (χ4v) is 4.43. The zero-order valence-corrected chi connectivity index (χ0v) is 12.3. The number of hydrogen-bond acceptors (Lipinski definition) is 3. The number of hydrogen-bond donors (Lipinski definition) is 0. The van der Waals surface area contributed by atoms with Crippen molar-refractivity contribution in [2.75, 3.05) is 19.7 Å². The van der Waals surface area contributed by atoms with Crippen LogP contribution < -0.4 is 0 Å². The average Bonchev–Trinajstić information content (AvgIpc) is 2.83. The van der Waals surface area contributed by atoms with Crippen molar-refractivity contribution in [3.63, 3.8) is 0 Å². The van der Waals surface area contributed by atoms with Gasteiger partial charge in [0.15, 0.2) is 5.78 Å². The van der Waals surface area contributed by atoms with Crippen molar-refractivity contribution in [1.82, 2.24) is 4.90 Å². The van der Waals surface area contributed by atoms with Gasteiger partial charge in [-0.1, -0.05) is 13.8 Å². The Bertz CT molecular complexity index is 334. The molecule has 2 saturated heterocycles. The summed E-state index contributed by atoms with van der Waals surface area (Å²) in [6, 6.07) is 0.591. The monoisotopic (exact) mass is 265 g/mol. The van der Waals surface area contributed by atoms with E-state index in [9.17, 15) is 4.79 Å². The predicted molar refractivity (Wildman–Crippen MR) is 75.0 cm³/mol. The summed E-state index contributed by atoms with van der Waals surface area (Å²) < 4.78 is 5.89. The van der Waals surface area contributed by atoms with E-state index in [4.69, 9.17) is 4.74 Å². The van der Waals surface area contributed by atoms with Gasteiger partial charge in [-0.3, -0.25) is 9.69 Å². The zero-order valence-electron chi connectivity index (χ0n) is 12.3. The van der Waals surface area contributed by atoms with Crippen LogP contribution in [-0.2, 0) is 9.53 Å². The number of Topliss-reactive ketones (excluding diaryl/α,β-unsaturated/α-hetero) is 1. The van der Waals surface area contributed by atoms with Crippen LogP contribution in [0, 0.1) is 17.8 Å². The summed E-state index contributed by atoms with van der Waals surface area (Å²) in [6.45, 7) is 7.36. The summed E-state index contributed by atoms with van der Waals surface area (Å²) in [5.41, 5.74) is 0. The molecule has 0 aromatic rings. The van der Waals surface area contributed by atoms with Crippen LogP contribution in [-0.4, -0.2) is 42.5 Å². The Morgan fingerprint density at radius 3 is 2.63 bits per heavy atom. The van der Waals surface area contributed by atoms with E-state index in [2.05, 4.69) is 18.7 Å². The van der Waals surface area contributed by atoms with Crippen molar-refractivity contribution in [3.8, 4) is 0 Å². The normalized spacial score (nSPS) is 44.0. The maximum absolute atomic E-state index is 12.7. The molecule has 4 atom stereocenters. The first-order valence-corrected chi connectivity index (χ1v) is 8.03. The Morgan fingerprint density at radius 2 is 1.89 bits per heavy atom. The molecular formula is C16H27NO2. The maximum atomic E-state index is 12.7. The van der Waals surface area contributed by atoms with E-state index >= 15 is 0 Å². The van der Waals surface area contributed by atoms with E-state index in [1.165, 1.54) is 19.3 Å². The Labute approximate surface area is 116 Å². The lowest BCUT2D eigenvalue weighted by molar-refractivity contribution is -0.144. The maximum Gasteiger partial charge on any atom is 0.165 e. The summed E-state index contributed by atoms with van der Waals surface area (Å²) in [7, 11) is 0. The van der Waals surface area contributed by atoms with E-state index in [-0.39, 0.29) is 12.0 Å². The Balaban J connectivity index is 1.60. The van der Waals surface area contributed by atoms with Crippen LogP contribution in [0.4, 0.5) is 0 Å². The summed E-state index contributed by atoms with van der Waals surface area (Å²) >= 11 is 0. The highest BCUT2D eigenvalue weighted by molar-refractivity contribution is 5.86. The summed E-state index contributed by atoms with van der Waals surface area (Å²) in [5, 5.41) is 0. The van der Waals surface area contributed by atoms with E-state index < -0.39 is 0 Å². The van der Waals surface area contributed by atoms with Crippen LogP contribution in [0.2, 0.25) is 0 Å². The smallest absolute Gasteiger partial charge is 0.165 e. The first kappa shape index (κ1) is 13.6. The molecule has 1 aliphatic carbocycles. The quantitative estimate of drug-likeness (QED) is 0.768. The van der Waals surface area contributed by atoms with Crippen molar-refractivity contribution in [2.45, 2.75) is 58.1 Å². The zero-order chi connectivity index (χ0) is 13.4. The van der Waals surface area contributed by atoms with Gasteiger partial charge in [0.2, 0.25) is 0 Å². The third kappa shape index (κ3) is 2.87. The number of rotatable bonds is 2. The third-order valence-electron chi connectivity index (χ3n) is 5.29. The van der Waals surface area contributed by atoms with Crippen molar-refractivity contribution in [3.05, 3.63) is 0 Å². The second kappa shape index (κ2) is 5.53. The molecular weight excluding hydrogens is 238 g/mol. The van der Waals surface area contributed by atoms with Gasteiger partial charge < -0.3 is 4.74 Å². The van der Waals surface area contributed by atoms with Gasteiger partial charge in [-0.2, -0.15) is 0 Å². The number of carbonyl (C=O) groups excluding carboxylic acids is 1. The molecule has 0 bridgehead atoms. The molecule has 3 aliphatic rings. The molecule has 3 nitrogen and oxygen atoms in total. The molecule has 3 rings (SSSR count). The number of morpholine rings is 1. The molecule has 3 heteroatoms. The minimum atomic E-state index is -0.142. The van der Waals surface area contributed by atoms with Gasteiger partial charge >= 0.3 is 0 Å². The first-order valence-electron chi connectivity index (χ1n) is 8.03. The summed E-state index contributed by atoms with van der Waals surface area (Å²) in [6.07, 6.45) is 5.81. The van der Waals surface area contributed by atoms with Crippen LogP contribution in [0.3, 0.4) is 0 Å². The SMILES string of the molecule is CC1CC(C)CC(C(=O)C2CN3CCCC3CO2)C1. The second-order valence-corrected chi connectivity index (χ2v) is 7.13. The molecule has 2 heterocycles. The number of carbonyl (C=O) groups is 1. The molecule has 3 fully saturated rings. The van der Waals surface area contributed by atoms with Gasteiger partial charge in [0, 0.05) is 18.5 Å². The van der Waals surface area contributed by atoms with E-state index in [1.807, 2.05) is 0 Å². The fourth-order valence-electron chi connectivity index (χ4n) is 4.43. The summed E-state index contributed by atoms with van der Waals surface area (Å²) in [5.74, 6) is 2.04. The van der Waals surface area contributed by atoms with E-state index in [0.717, 1.165) is 32.5 Å². The highest BCUT2D eigenvalue weighted by atomic mass is 16.5. The van der Waals surface area contributed by atoms with Gasteiger partial charge in [-0.15, -0.1) is 0 Å². The molecule has 108 valence electrons. The lowest BCUT2D eigenvalue weighted by Crippen LogP contribution is -2.50. The van der Waals surface area contributed by atoms with E-state index in [0.29, 0.717) is 23.7 Å². The van der Waals surface area contributed by atoms with Crippen LogP contribution in [0.1, 0.15) is 46.0 Å². The molecule has 0 radical (unpaired) electrons. The molecule has 4 unspecified atom stereocenters. The van der Waals surface area contributed by atoms with Gasteiger partial charge in [0.1, 0.15) is 6.10 Å². The standard InChI is InChI=1S/C16H27NO2/c1-11-6-12(2)8-13(7-11)16(18)15-9-17-5-3-4-14(17)10-19-15/h11-15H,3-10H2,1-2H3. The number of nitrogens with zero attached hydrogens (tertiary/aromatic N) is 1. The largest absolute Gasteiger partial charge is 0.367 e. The Morgan fingerprint density at radius 1 is 1.16 bits per heavy atom. The van der Waals surface area contributed by atoms with Crippen LogP contribution >= 0.6 is 0 Å². The number of ketones is 1. The molecule has 0 aromatic carbocycles. The van der Waals surface area contributed by atoms with Crippen molar-refractivity contribution in [1.29, 1.82) is 0 Å². The predicted octanol–water partition coefficient (Wildman–Crippen LogP) is 2.49. The first-order chi connectivity index (χ1) is 9.13. The lowest BCUT2D eigenvalue weighted by atomic mass is 9.74. The van der Waals surface area contributed by atoms with Crippen molar-refractivity contribution in [2.24, 2.45) is 17.8 Å². The highest BCUT2D eigenvalue weighted by Crippen LogP contribution is 2.35. The van der Waals surface area contributed by atoms with Crippen molar-refractivity contribution >= 4 is 5.78 Å². The molecule has 1 saturated carbocycles. The number of fused-ring (bicyclic) bond motifs is 1. The number of ether oxygens (including phenoxy) is 1. The Hall–Kier alpha value is -0.410. The van der Waals surface area contributed by atoms with Gasteiger partial charge in [0.25, 0.3) is 0 Å². The molecule has 19 heavy (non-hydrogen) atoms. The molecule has 0 aromatic heterocycles. The van der Waals surface area contributed by atoms with Gasteiger partial charge in [-0.05, 0) is 50.5 Å².